The highest BCUT2D eigenvalue weighted by atomic mass is 79.9. The van der Waals surface area contributed by atoms with Crippen molar-refractivity contribution >= 4 is 39.9 Å². The van der Waals surface area contributed by atoms with E-state index in [-0.39, 0.29) is 18.0 Å². The SMILES string of the molecule is CCOc1cc(/C=C2\NC(=O)N(Cc3ccc(Br)cc3)C2=O)ccc1OCC(=O)[O-]. The van der Waals surface area contributed by atoms with Crippen LogP contribution in [0.3, 0.4) is 0 Å². The Hall–Kier alpha value is -3.33. The van der Waals surface area contributed by atoms with Gasteiger partial charge in [-0.2, -0.15) is 0 Å². The highest BCUT2D eigenvalue weighted by molar-refractivity contribution is 9.10. The van der Waals surface area contributed by atoms with Crippen LogP contribution >= 0.6 is 15.9 Å². The number of carboxylic acid groups (broad SMARTS) is 1. The quantitative estimate of drug-likeness (QED) is 0.464. The van der Waals surface area contributed by atoms with Gasteiger partial charge in [0, 0.05) is 4.47 Å². The molecule has 2 aromatic rings. The molecule has 3 amide bonds. The molecule has 3 rings (SSSR count). The number of hydrogen-bond donors (Lipinski definition) is 1. The number of imide groups is 1. The van der Waals surface area contributed by atoms with Crippen molar-refractivity contribution < 1.29 is 29.0 Å². The summed E-state index contributed by atoms with van der Waals surface area (Å²) in [6, 6.07) is 11.6. The molecule has 1 N–H and O–H groups in total. The molecule has 8 nitrogen and oxygen atoms in total. The first-order valence-electron chi connectivity index (χ1n) is 9.06. The van der Waals surface area contributed by atoms with Crippen molar-refractivity contribution in [1.82, 2.24) is 10.2 Å². The topological polar surface area (TPSA) is 108 Å². The van der Waals surface area contributed by atoms with Gasteiger partial charge in [-0.1, -0.05) is 34.1 Å². The zero-order chi connectivity index (χ0) is 21.7. The summed E-state index contributed by atoms with van der Waals surface area (Å²) in [6.07, 6.45) is 1.52. The Bertz CT molecular complexity index is 1000. The summed E-state index contributed by atoms with van der Waals surface area (Å²) in [5, 5.41) is 13.2. The molecule has 0 unspecified atom stereocenters. The van der Waals surface area contributed by atoms with Gasteiger partial charge in [0.15, 0.2) is 11.5 Å². The number of aliphatic carboxylic acids is 1. The third-order valence-electron chi connectivity index (χ3n) is 4.14. The maximum atomic E-state index is 12.7. The zero-order valence-corrected chi connectivity index (χ0v) is 17.6. The van der Waals surface area contributed by atoms with Crippen LogP contribution in [0.5, 0.6) is 11.5 Å². The molecule has 0 atom stereocenters. The van der Waals surface area contributed by atoms with Gasteiger partial charge < -0.3 is 24.7 Å². The van der Waals surface area contributed by atoms with Crippen LogP contribution in [0, 0.1) is 0 Å². The summed E-state index contributed by atoms with van der Waals surface area (Å²) in [6.45, 7) is 1.64. The molecule has 0 saturated carbocycles. The third-order valence-corrected chi connectivity index (χ3v) is 4.67. The monoisotopic (exact) mass is 473 g/mol. The Morgan fingerprint density at radius 1 is 1.13 bits per heavy atom. The fourth-order valence-electron chi connectivity index (χ4n) is 2.79. The smallest absolute Gasteiger partial charge is 0.329 e. The van der Waals surface area contributed by atoms with Gasteiger partial charge in [0.25, 0.3) is 5.91 Å². The second-order valence-electron chi connectivity index (χ2n) is 6.31. The van der Waals surface area contributed by atoms with E-state index in [2.05, 4.69) is 21.2 Å². The normalized spacial score (nSPS) is 14.7. The number of nitrogens with one attached hydrogen (secondary N) is 1. The summed E-state index contributed by atoms with van der Waals surface area (Å²) < 4.78 is 11.5. The maximum Gasteiger partial charge on any atom is 0.329 e. The molecule has 2 aromatic carbocycles. The van der Waals surface area contributed by atoms with Gasteiger partial charge in [0.2, 0.25) is 0 Å². The summed E-state index contributed by atoms with van der Waals surface area (Å²) in [5.41, 5.74) is 1.52. The van der Waals surface area contributed by atoms with E-state index in [0.717, 1.165) is 14.9 Å². The Balaban J connectivity index is 1.79. The fourth-order valence-corrected chi connectivity index (χ4v) is 3.06. The van der Waals surface area contributed by atoms with E-state index >= 15 is 0 Å². The van der Waals surface area contributed by atoms with E-state index in [1.807, 2.05) is 24.3 Å². The Kier molecular flexibility index (Phi) is 6.73. The second-order valence-corrected chi connectivity index (χ2v) is 7.22. The van der Waals surface area contributed by atoms with Gasteiger partial charge >= 0.3 is 6.03 Å². The van der Waals surface area contributed by atoms with Crippen LogP contribution in [0.4, 0.5) is 4.79 Å². The number of rotatable bonds is 8. The Morgan fingerprint density at radius 2 is 1.87 bits per heavy atom. The predicted molar refractivity (Wildman–Crippen MR) is 109 cm³/mol. The number of amides is 3. The Morgan fingerprint density at radius 3 is 2.53 bits per heavy atom. The molecule has 1 saturated heterocycles. The van der Waals surface area contributed by atoms with E-state index in [9.17, 15) is 19.5 Å². The van der Waals surface area contributed by atoms with Gasteiger partial charge in [-0.25, -0.2) is 4.79 Å². The fraction of sp³-hybridized carbons (Fsp3) is 0.190. The lowest BCUT2D eigenvalue weighted by molar-refractivity contribution is -0.307. The summed E-state index contributed by atoms with van der Waals surface area (Å²) in [5.74, 6) is -1.25. The minimum atomic E-state index is -1.35. The molecule has 1 fully saturated rings. The number of carbonyl (C=O) groups is 3. The Labute approximate surface area is 181 Å². The van der Waals surface area contributed by atoms with E-state index in [0.29, 0.717) is 17.9 Å². The molecular weight excluding hydrogens is 456 g/mol. The molecule has 0 aliphatic carbocycles. The highest BCUT2D eigenvalue weighted by Gasteiger charge is 2.33. The number of carboxylic acids is 1. The van der Waals surface area contributed by atoms with Crippen molar-refractivity contribution in [2.45, 2.75) is 13.5 Å². The summed E-state index contributed by atoms with van der Waals surface area (Å²) in [7, 11) is 0. The number of ether oxygens (including phenoxy) is 2. The summed E-state index contributed by atoms with van der Waals surface area (Å²) >= 11 is 3.35. The predicted octanol–water partition coefficient (Wildman–Crippen LogP) is 2.07. The van der Waals surface area contributed by atoms with Crippen LogP contribution in [0.15, 0.2) is 52.6 Å². The average Bonchev–Trinajstić information content (AvgIpc) is 2.96. The van der Waals surface area contributed by atoms with Crippen molar-refractivity contribution in [2.75, 3.05) is 13.2 Å². The van der Waals surface area contributed by atoms with Crippen LogP contribution < -0.4 is 19.9 Å². The molecule has 1 heterocycles. The third kappa shape index (κ3) is 5.18. The minimum absolute atomic E-state index is 0.128. The van der Waals surface area contributed by atoms with Crippen molar-refractivity contribution in [3.05, 3.63) is 63.8 Å². The molecule has 9 heteroatoms. The number of carbonyl (C=O) groups excluding carboxylic acids is 3. The summed E-state index contributed by atoms with van der Waals surface area (Å²) in [4.78, 5) is 36.7. The van der Waals surface area contributed by atoms with Crippen LogP contribution in [0.1, 0.15) is 18.1 Å². The average molecular weight is 474 g/mol. The molecule has 156 valence electrons. The second kappa shape index (κ2) is 9.45. The molecule has 30 heavy (non-hydrogen) atoms. The molecule has 0 spiro atoms. The molecule has 0 aromatic heterocycles. The van der Waals surface area contributed by atoms with Crippen LogP contribution in [-0.2, 0) is 16.1 Å². The van der Waals surface area contributed by atoms with Gasteiger partial charge in [0.1, 0.15) is 12.3 Å². The molecule has 0 bridgehead atoms. The van der Waals surface area contributed by atoms with Gasteiger partial charge in [-0.05, 0) is 48.4 Å². The molecule has 1 aliphatic rings. The number of urea groups is 1. The molecular formula is C21H18BrN2O6-. The van der Waals surface area contributed by atoms with Crippen molar-refractivity contribution in [2.24, 2.45) is 0 Å². The maximum absolute atomic E-state index is 12.7. The lowest BCUT2D eigenvalue weighted by Crippen LogP contribution is -2.30. The first-order valence-corrected chi connectivity index (χ1v) is 9.85. The first-order chi connectivity index (χ1) is 14.4. The van der Waals surface area contributed by atoms with Crippen LogP contribution in [-0.4, -0.2) is 36.0 Å². The van der Waals surface area contributed by atoms with E-state index in [4.69, 9.17) is 9.47 Å². The molecule has 0 radical (unpaired) electrons. The van der Waals surface area contributed by atoms with E-state index in [1.54, 1.807) is 19.1 Å². The number of halogens is 1. The lowest BCUT2D eigenvalue weighted by Gasteiger charge is -2.13. The standard InChI is InChI=1S/C21H19BrN2O6/c1-2-29-18-10-14(5-8-17(18)30-12-19(25)26)9-16-20(27)24(21(28)23-16)11-13-3-6-15(22)7-4-13/h3-10H,2,11-12H2,1H3,(H,23,28)(H,25,26)/p-1/b16-9-. The number of benzene rings is 2. The van der Waals surface area contributed by atoms with Gasteiger partial charge in [-0.3, -0.25) is 9.69 Å². The first kappa shape index (κ1) is 21.4. The van der Waals surface area contributed by atoms with Crippen LogP contribution in [0.25, 0.3) is 6.08 Å². The molecule has 1 aliphatic heterocycles. The van der Waals surface area contributed by atoms with E-state index in [1.165, 1.54) is 12.1 Å². The van der Waals surface area contributed by atoms with Gasteiger partial charge in [0.05, 0.1) is 19.1 Å². The number of hydrogen-bond acceptors (Lipinski definition) is 6. The van der Waals surface area contributed by atoms with Crippen molar-refractivity contribution in [3.8, 4) is 11.5 Å². The van der Waals surface area contributed by atoms with E-state index < -0.39 is 24.5 Å². The lowest BCUT2D eigenvalue weighted by atomic mass is 10.1. The van der Waals surface area contributed by atoms with Crippen molar-refractivity contribution in [1.29, 1.82) is 0 Å². The minimum Gasteiger partial charge on any atom is -0.546 e. The zero-order valence-electron chi connectivity index (χ0n) is 16.0. The highest BCUT2D eigenvalue weighted by Crippen LogP contribution is 2.30. The van der Waals surface area contributed by atoms with Gasteiger partial charge in [-0.15, -0.1) is 0 Å². The largest absolute Gasteiger partial charge is 0.546 e. The number of nitrogens with zero attached hydrogens (tertiary/aromatic N) is 1. The van der Waals surface area contributed by atoms with Crippen LogP contribution in [0.2, 0.25) is 0 Å². The van der Waals surface area contributed by atoms with Crippen molar-refractivity contribution in [3.63, 3.8) is 0 Å².